The van der Waals surface area contributed by atoms with Gasteiger partial charge in [-0.1, -0.05) is 28.1 Å². The molecule has 1 aliphatic heterocycles. The second-order valence-electron chi connectivity index (χ2n) is 4.51. The van der Waals surface area contributed by atoms with E-state index in [0.29, 0.717) is 13.2 Å². The Morgan fingerprint density at radius 2 is 1.94 bits per heavy atom. The lowest BCUT2D eigenvalue weighted by molar-refractivity contribution is -0.122. The molecule has 1 aliphatic rings. The van der Waals surface area contributed by atoms with Gasteiger partial charge in [-0.2, -0.15) is 0 Å². The number of carbonyl (C=O) groups is 1. The van der Waals surface area contributed by atoms with Crippen LogP contribution in [0.25, 0.3) is 0 Å². The van der Waals surface area contributed by atoms with Gasteiger partial charge < -0.3 is 10.1 Å². The van der Waals surface area contributed by atoms with Gasteiger partial charge in [-0.3, -0.25) is 4.79 Å². The predicted molar refractivity (Wildman–Crippen MR) is 76.1 cm³/mol. The van der Waals surface area contributed by atoms with E-state index >= 15 is 0 Å². The summed E-state index contributed by atoms with van der Waals surface area (Å²) in [4.78, 5) is 12.0. The minimum atomic E-state index is 0.0981. The third kappa shape index (κ3) is 3.82. The zero-order valence-corrected chi connectivity index (χ0v) is 11.9. The molecule has 1 aromatic carbocycles. The molecule has 1 aromatic rings. The Hall–Kier alpha value is -0.870. The maximum absolute atomic E-state index is 12.0. The van der Waals surface area contributed by atoms with Crippen LogP contribution in [0.4, 0.5) is 5.69 Å². The maximum atomic E-state index is 12.0. The first-order chi connectivity index (χ1) is 8.79. The first kappa shape index (κ1) is 13.6. The van der Waals surface area contributed by atoms with Crippen LogP contribution < -0.4 is 5.32 Å². The van der Waals surface area contributed by atoms with Crippen LogP contribution in [-0.2, 0) is 16.0 Å². The summed E-state index contributed by atoms with van der Waals surface area (Å²) < 4.78 is 5.26. The van der Waals surface area contributed by atoms with Gasteiger partial charge in [0.15, 0.2) is 0 Å². The lowest BCUT2D eigenvalue weighted by Crippen LogP contribution is -2.28. The number of carbonyl (C=O) groups excluding carboxylic acids is 1. The SMILES string of the molecule is O=C(Nc1ccc(CCBr)cc1)C1CCOCC1. The average Bonchev–Trinajstić information content (AvgIpc) is 2.42. The van der Waals surface area contributed by atoms with E-state index in [1.165, 1.54) is 5.56 Å². The molecule has 1 heterocycles. The van der Waals surface area contributed by atoms with Crippen molar-refractivity contribution in [2.75, 3.05) is 23.9 Å². The van der Waals surface area contributed by atoms with Crippen molar-refractivity contribution < 1.29 is 9.53 Å². The molecule has 3 nitrogen and oxygen atoms in total. The fourth-order valence-corrected chi connectivity index (χ4v) is 2.53. The van der Waals surface area contributed by atoms with E-state index in [1.54, 1.807) is 0 Å². The summed E-state index contributed by atoms with van der Waals surface area (Å²) in [6.45, 7) is 1.39. The van der Waals surface area contributed by atoms with E-state index in [1.807, 2.05) is 12.1 Å². The summed E-state index contributed by atoms with van der Waals surface area (Å²) in [6, 6.07) is 8.05. The molecule has 0 bridgehead atoms. The fourth-order valence-electron chi connectivity index (χ4n) is 2.07. The summed E-state index contributed by atoms with van der Waals surface area (Å²) in [5, 5.41) is 3.93. The lowest BCUT2D eigenvalue weighted by Gasteiger charge is -2.21. The van der Waals surface area contributed by atoms with Gasteiger partial charge in [-0.15, -0.1) is 0 Å². The first-order valence-electron chi connectivity index (χ1n) is 6.33. The summed E-state index contributed by atoms with van der Waals surface area (Å²) in [7, 11) is 0. The molecule has 1 N–H and O–H groups in total. The standard InChI is InChI=1S/C14H18BrNO2/c15-8-5-11-1-3-13(4-2-11)16-14(17)12-6-9-18-10-7-12/h1-4,12H,5-10H2,(H,16,17). The molecule has 0 spiro atoms. The van der Waals surface area contributed by atoms with Crippen molar-refractivity contribution >= 4 is 27.5 Å². The molecule has 0 unspecified atom stereocenters. The van der Waals surface area contributed by atoms with E-state index in [2.05, 4.69) is 33.4 Å². The molecule has 1 saturated heterocycles. The number of aryl methyl sites for hydroxylation is 1. The molecule has 0 aromatic heterocycles. The third-order valence-electron chi connectivity index (χ3n) is 3.20. The maximum Gasteiger partial charge on any atom is 0.227 e. The van der Waals surface area contributed by atoms with Gasteiger partial charge in [0.1, 0.15) is 0 Å². The first-order valence-corrected chi connectivity index (χ1v) is 7.45. The van der Waals surface area contributed by atoms with E-state index in [4.69, 9.17) is 4.74 Å². The third-order valence-corrected chi connectivity index (χ3v) is 3.59. The van der Waals surface area contributed by atoms with Crippen LogP contribution in [0.3, 0.4) is 0 Å². The van der Waals surface area contributed by atoms with Gasteiger partial charge in [-0.25, -0.2) is 0 Å². The predicted octanol–water partition coefficient (Wildman–Crippen LogP) is 2.99. The number of amides is 1. The smallest absolute Gasteiger partial charge is 0.227 e. The van der Waals surface area contributed by atoms with Gasteiger partial charge in [0.2, 0.25) is 5.91 Å². The Balaban J connectivity index is 1.89. The molecular weight excluding hydrogens is 294 g/mol. The van der Waals surface area contributed by atoms with Crippen LogP contribution in [0.5, 0.6) is 0 Å². The summed E-state index contributed by atoms with van der Waals surface area (Å²) in [5.41, 5.74) is 2.15. The normalized spacial score (nSPS) is 16.5. The quantitative estimate of drug-likeness (QED) is 0.868. The number of hydrogen-bond acceptors (Lipinski definition) is 2. The molecule has 0 saturated carbocycles. The molecule has 0 atom stereocenters. The van der Waals surface area contributed by atoms with Crippen LogP contribution in [0, 0.1) is 5.92 Å². The number of benzene rings is 1. The van der Waals surface area contributed by atoms with Gasteiger partial charge in [0, 0.05) is 30.1 Å². The molecule has 0 aliphatic carbocycles. The highest BCUT2D eigenvalue weighted by Crippen LogP contribution is 2.18. The van der Waals surface area contributed by atoms with Crippen LogP contribution in [0.1, 0.15) is 18.4 Å². The Labute approximate surface area is 116 Å². The molecule has 4 heteroatoms. The number of anilines is 1. The second-order valence-corrected chi connectivity index (χ2v) is 5.30. The van der Waals surface area contributed by atoms with Crippen LogP contribution in [0.2, 0.25) is 0 Å². The highest BCUT2D eigenvalue weighted by atomic mass is 79.9. The van der Waals surface area contributed by atoms with Crippen molar-refractivity contribution in [3.8, 4) is 0 Å². The Morgan fingerprint density at radius 1 is 1.28 bits per heavy atom. The number of hydrogen-bond donors (Lipinski definition) is 1. The zero-order chi connectivity index (χ0) is 12.8. The van der Waals surface area contributed by atoms with E-state index in [9.17, 15) is 4.79 Å². The van der Waals surface area contributed by atoms with Crippen LogP contribution in [0.15, 0.2) is 24.3 Å². The number of alkyl halides is 1. The van der Waals surface area contributed by atoms with Crippen LogP contribution >= 0.6 is 15.9 Å². The number of rotatable bonds is 4. The largest absolute Gasteiger partial charge is 0.381 e. The molecule has 0 radical (unpaired) electrons. The Kier molecular flexibility index (Phi) is 5.20. The Bertz CT molecular complexity index is 385. The topological polar surface area (TPSA) is 38.3 Å². The van der Waals surface area contributed by atoms with E-state index < -0.39 is 0 Å². The fraction of sp³-hybridized carbons (Fsp3) is 0.500. The van der Waals surface area contributed by atoms with Crippen molar-refractivity contribution in [3.63, 3.8) is 0 Å². The molecule has 1 amide bonds. The van der Waals surface area contributed by atoms with Gasteiger partial charge in [0.05, 0.1) is 0 Å². The monoisotopic (exact) mass is 311 g/mol. The molecular formula is C14H18BrNO2. The molecule has 1 fully saturated rings. The van der Waals surface area contributed by atoms with Crippen LogP contribution in [-0.4, -0.2) is 24.5 Å². The molecule has 98 valence electrons. The van der Waals surface area contributed by atoms with Gasteiger partial charge in [-0.05, 0) is 37.0 Å². The summed E-state index contributed by atoms with van der Waals surface area (Å²) >= 11 is 3.42. The van der Waals surface area contributed by atoms with Crippen molar-refractivity contribution in [2.45, 2.75) is 19.3 Å². The molecule has 2 rings (SSSR count). The lowest BCUT2D eigenvalue weighted by atomic mass is 9.99. The minimum absolute atomic E-state index is 0.0981. The number of nitrogens with one attached hydrogen (secondary N) is 1. The molecule has 18 heavy (non-hydrogen) atoms. The summed E-state index contributed by atoms with van der Waals surface area (Å²) in [6.07, 6.45) is 2.66. The summed E-state index contributed by atoms with van der Waals surface area (Å²) in [5.74, 6) is 0.215. The van der Waals surface area contributed by atoms with E-state index in [0.717, 1.165) is 30.3 Å². The highest BCUT2D eigenvalue weighted by Gasteiger charge is 2.21. The average molecular weight is 312 g/mol. The van der Waals surface area contributed by atoms with Crippen molar-refractivity contribution in [2.24, 2.45) is 5.92 Å². The highest BCUT2D eigenvalue weighted by molar-refractivity contribution is 9.09. The van der Waals surface area contributed by atoms with Gasteiger partial charge >= 0.3 is 0 Å². The van der Waals surface area contributed by atoms with Crippen molar-refractivity contribution in [3.05, 3.63) is 29.8 Å². The second kappa shape index (κ2) is 6.90. The number of halogens is 1. The zero-order valence-electron chi connectivity index (χ0n) is 10.3. The number of ether oxygens (including phenoxy) is 1. The van der Waals surface area contributed by atoms with Crippen molar-refractivity contribution in [1.82, 2.24) is 0 Å². The van der Waals surface area contributed by atoms with E-state index in [-0.39, 0.29) is 11.8 Å². The minimum Gasteiger partial charge on any atom is -0.381 e. The van der Waals surface area contributed by atoms with Crippen molar-refractivity contribution in [1.29, 1.82) is 0 Å². The van der Waals surface area contributed by atoms with Gasteiger partial charge in [0.25, 0.3) is 0 Å². The Morgan fingerprint density at radius 3 is 2.56 bits per heavy atom.